The normalized spacial score (nSPS) is 26.2. The van der Waals surface area contributed by atoms with Gasteiger partial charge in [0.25, 0.3) is 0 Å². The number of hydrogen-bond acceptors (Lipinski definition) is 3. The molecule has 0 bridgehead atoms. The Morgan fingerprint density at radius 1 is 1.38 bits per heavy atom. The first-order valence-electron chi connectivity index (χ1n) is 6.28. The highest BCUT2D eigenvalue weighted by Gasteiger charge is 2.22. The van der Waals surface area contributed by atoms with Crippen LogP contribution in [-0.2, 0) is 4.74 Å². The molecule has 2 atom stereocenters. The van der Waals surface area contributed by atoms with E-state index in [-0.39, 0.29) is 18.2 Å². The van der Waals surface area contributed by atoms with Gasteiger partial charge in [0, 0.05) is 12.1 Å². The van der Waals surface area contributed by atoms with Crippen molar-refractivity contribution in [2.45, 2.75) is 58.0 Å². The lowest BCUT2D eigenvalue weighted by Crippen LogP contribution is -2.47. The third-order valence-corrected chi connectivity index (χ3v) is 2.92. The second kappa shape index (κ2) is 6.74. The third kappa shape index (κ3) is 4.84. The summed E-state index contributed by atoms with van der Waals surface area (Å²) in [4.78, 5) is 11.5. The first-order valence-corrected chi connectivity index (χ1v) is 6.28. The molecule has 0 aromatic heterocycles. The highest BCUT2D eigenvalue weighted by Crippen LogP contribution is 2.16. The van der Waals surface area contributed by atoms with E-state index in [1.807, 2.05) is 13.8 Å². The molecular formula is C12H24N2O2. The summed E-state index contributed by atoms with van der Waals surface area (Å²) in [5, 5.41) is 2.88. The third-order valence-electron chi connectivity index (χ3n) is 2.92. The molecule has 1 rings (SSSR count). The molecule has 94 valence electrons. The predicted octanol–water partition coefficient (Wildman–Crippen LogP) is 2.03. The fourth-order valence-corrected chi connectivity index (χ4v) is 1.95. The molecule has 0 aromatic carbocycles. The zero-order valence-electron chi connectivity index (χ0n) is 10.4. The van der Waals surface area contributed by atoms with Crippen LogP contribution in [0.15, 0.2) is 0 Å². The molecule has 16 heavy (non-hydrogen) atoms. The number of nitrogens with one attached hydrogen (secondary N) is 1. The van der Waals surface area contributed by atoms with Gasteiger partial charge < -0.3 is 15.8 Å². The molecule has 1 fully saturated rings. The fourth-order valence-electron chi connectivity index (χ4n) is 1.95. The molecule has 4 heteroatoms. The molecule has 4 nitrogen and oxygen atoms in total. The smallest absolute Gasteiger partial charge is 0.407 e. The maximum atomic E-state index is 11.5. The highest BCUT2D eigenvalue weighted by molar-refractivity contribution is 5.67. The Labute approximate surface area is 97.9 Å². The summed E-state index contributed by atoms with van der Waals surface area (Å²) in [6.07, 6.45) is 5.17. The maximum absolute atomic E-state index is 11.5. The summed E-state index contributed by atoms with van der Waals surface area (Å²) in [5.41, 5.74) is 6.01. The van der Waals surface area contributed by atoms with Gasteiger partial charge in [0.1, 0.15) is 0 Å². The number of rotatable bonds is 3. The molecule has 1 saturated carbocycles. The van der Waals surface area contributed by atoms with Crippen LogP contribution >= 0.6 is 0 Å². The number of amides is 1. The van der Waals surface area contributed by atoms with E-state index >= 15 is 0 Å². The van der Waals surface area contributed by atoms with E-state index in [2.05, 4.69) is 5.32 Å². The van der Waals surface area contributed by atoms with Crippen molar-refractivity contribution >= 4 is 6.09 Å². The molecule has 0 radical (unpaired) electrons. The molecule has 3 N–H and O–H groups in total. The minimum Gasteiger partial charge on any atom is -0.449 e. The first-order chi connectivity index (χ1) is 7.59. The second-order valence-electron chi connectivity index (χ2n) is 5.05. The Morgan fingerprint density at radius 3 is 2.75 bits per heavy atom. The average molecular weight is 228 g/mol. The zero-order chi connectivity index (χ0) is 12.0. The monoisotopic (exact) mass is 228 g/mol. The van der Waals surface area contributed by atoms with Crippen molar-refractivity contribution in [3.63, 3.8) is 0 Å². The van der Waals surface area contributed by atoms with Gasteiger partial charge in [-0.3, -0.25) is 0 Å². The van der Waals surface area contributed by atoms with E-state index in [9.17, 15) is 4.79 Å². The number of hydrogen-bond donors (Lipinski definition) is 2. The topological polar surface area (TPSA) is 64.3 Å². The predicted molar refractivity (Wildman–Crippen MR) is 64.2 cm³/mol. The molecule has 0 aromatic rings. The summed E-state index contributed by atoms with van der Waals surface area (Å²) in [5.74, 6) is 0.369. The van der Waals surface area contributed by atoms with E-state index in [0.29, 0.717) is 12.5 Å². The highest BCUT2D eigenvalue weighted by atomic mass is 16.5. The lowest BCUT2D eigenvalue weighted by atomic mass is 10.0. The summed E-state index contributed by atoms with van der Waals surface area (Å²) in [7, 11) is 0. The number of alkyl carbamates (subject to hydrolysis) is 1. The van der Waals surface area contributed by atoms with Crippen LogP contribution in [0, 0.1) is 5.92 Å². The van der Waals surface area contributed by atoms with Gasteiger partial charge >= 0.3 is 6.09 Å². The average Bonchev–Trinajstić information content (AvgIpc) is 2.42. The second-order valence-corrected chi connectivity index (χ2v) is 5.05. The maximum Gasteiger partial charge on any atom is 0.407 e. The van der Waals surface area contributed by atoms with Crippen molar-refractivity contribution in [2.24, 2.45) is 11.7 Å². The van der Waals surface area contributed by atoms with Gasteiger partial charge in [-0.25, -0.2) is 4.79 Å². The van der Waals surface area contributed by atoms with Crippen LogP contribution in [-0.4, -0.2) is 24.8 Å². The van der Waals surface area contributed by atoms with Gasteiger partial charge in [-0.1, -0.05) is 33.1 Å². The largest absolute Gasteiger partial charge is 0.449 e. The van der Waals surface area contributed by atoms with Gasteiger partial charge in [0.15, 0.2) is 0 Å². The summed E-state index contributed by atoms with van der Waals surface area (Å²) in [6, 6.07) is 0.163. The van der Waals surface area contributed by atoms with Crippen LogP contribution in [0.4, 0.5) is 4.79 Å². The number of nitrogens with two attached hydrogens (primary N) is 1. The standard InChI is InChI=1S/C12H24N2O2/c1-9(2)8-16-12(15)14-11-7-5-3-4-6-10(11)13/h9-11H,3-8,13H2,1-2H3,(H,14,15). The molecule has 0 heterocycles. The molecule has 0 saturated heterocycles. The summed E-state index contributed by atoms with van der Waals surface area (Å²) < 4.78 is 5.09. The number of ether oxygens (including phenoxy) is 1. The number of carbonyl (C=O) groups is 1. The fraction of sp³-hybridized carbons (Fsp3) is 0.917. The van der Waals surface area contributed by atoms with Gasteiger partial charge in [0.05, 0.1) is 6.61 Å². The minimum atomic E-state index is -0.323. The van der Waals surface area contributed by atoms with Crippen LogP contribution < -0.4 is 11.1 Å². The summed E-state index contributed by atoms with van der Waals surface area (Å²) >= 11 is 0. The zero-order valence-corrected chi connectivity index (χ0v) is 10.4. The van der Waals surface area contributed by atoms with Gasteiger partial charge in [-0.15, -0.1) is 0 Å². The van der Waals surface area contributed by atoms with E-state index in [1.54, 1.807) is 0 Å². The molecule has 1 aliphatic rings. The summed E-state index contributed by atoms with van der Waals surface area (Å²) in [6.45, 7) is 4.50. The SMILES string of the molecule is CC(C)COC(=O)NC1CCCCCC1N. The van der Waals surface area contributed by atoms with Crippen molar-refractivity contribution < 1.29 is 9.53 Å². The quantitative estimate of drug-likeness (QED) is 0.726. The Morgan fingerprint density at radius 2 is 2.06 bits per heavy atom. The van der Waals surface area contributed by atoms with Crippen molar-refractivity contribution in [1.29, 1.82) is 0 Å². The van der Waals surface area contributed by atoms with Crippen molar-refractivity contribution in [2.75, 3.05) is 6.61 Å². The van der Waals surface area contributed by atoms with Crippen molar-refractivity contribution in [3.05, 3.63) is 0 Å². The molecule has 0 aliphatic heterocycles. The molecule has 1 amide bonds. The molecular weight excluding hydrogens is 204 g/mol. The number of carbonyl (C=O) groups excluding carboxylic acids is 1. The van der Waals surface area contributed by atoms with Crippen LogP contribution in [0.25, 0.3) is 0 Å². The molecule has 0 spiro atoms. The molecule has 2 unspecified atom stereocenters. The van der Waals surface area contributed by atoms with Crippen molar-refractivity contribution in [1.82, 2.24) is 5.32 Å². The van der Waals surface area contributed by atoms with E-state index in [4.69, 9.17) is 10.5 Å². The van der Waals surface area contributed by atoms with E-state index < -0.39 is 0 Å². The van der Waals surface area contributed by atoms with Crippen LogP contribution in [0.3, 0.4) is 0 Å². The molecule has 1 aliphatic carbocycles. The van der Waals surface area contributed by atoms with Gasteiger partial charge in [-0.2, -0.15) is 0 Å². The van der Waals surface area contributed by atoms with Crippen molar-refractivity contribution in [3.8, 4) is 0 Å². The van der Waals surface area contributed by atoms with E-state index in [1.165, 1.54) is 12.8 Å². The Hall–Kier alpha value is -0.770. The minimum absolute atomic E-state index is 0.0779. The van der Waals surface area contributed by atoms with E-state index in [0.717, 1.165) is 19.3 Å². The Kier molecular flexibility index (Phi) is 5.60. The first kappa shape index (κ1) is 13.3. The lowest BCUT2D eigenvalue weighted by Gasteiger charge is -2.22. The Bertz CT molecular complexity index is 219. The lowest BCUT2D eigenvalue weighted by molar-refractivity contribution is 0.127. The van der Waals surface area contributed by atoms with Crippen LogP contribution in [0.5, 0.6) is 0 Å². The van der Waals surface area contributed by atoms with Crippen LogP contribution in [0.2, 0.25) is 0 Å². The van der Waals surface area contributed by atoms with Crippen LogP contribution in [0.1, 0.15) is 46.0 Å². The van der Waals surface area contributed by atoms with Gasteiger partial charge in [0.2, 0.25) is 0 Å². The Balaban J connectivity index is 2.30. The van der Waals surface area contributed by atoms with Gasteiger partial charge in [-0.05, 0) is 18.8 Å².